The lowest BCUT2D eigenvalue weighted by molar-refractivity contribution is 0.393. The molecule has 0 spiro atoms. The zero-order valence-electron chi connectivity index (χ0n) is 5.58. The van der Waals surface area contributed by atoms with Gasteiger partial charge in [0.2, 0.25) is 0 Å². The summed E-state index contributed by atoms with van der Waals surface area (Å²) in [5.41, 5.74) is 0.461. The quantitative estimate of drug-likeness (QED) is 0.382. The highest BCUT2D eigenvalue weighted by atomic mass is 79.9. The molecule has 0 aromatic heterocycles. The van der Waals surface area contributed by atoms with Crippen LogP contribution in [0, 0.1) is 0 Å². The lowest BCUT2D eigenvalue weighted by atomic mass is 10.2. The molecule has 0 heterocycles. The highest BCUT2D eigenvalue weighted by Crippen LogP contribution is 2.33. The van der Waals surface area contributed by atoms with Gasteiger partial charge in [0, 0.05) is 17.0 Å². The molecule has 60 valence electrons. The van der Waals surface area contributed by atoms with Crippen molar-refractivity contribution in [1.82, 2.24) is 0 Å². The van der Waals surface area contributed by atoms with Crippen LogP contribution in [0.3, 0.4) is 0 Å². The van der Waals surface area contributed by atoms with E-state index in [1.165, 1.54) is 6.07 Å². The van der Waals surface area contributed by atoms with Crippen molar-refractivity contribution < 1.29 is 15.3 Å². The van der Waals surface area contributed by atoms with Gasteiger partial charge in [-0.1, -0.05) is 15.9 Å². The first-order valence-electron chi connectivity index (χ1n) is 2.95. The number of benzene rings is 1. The minimum Gasteiger partial charge on any atom is -0.508 e. The molecule has 1 rings (SSSR count). The van der Waals surface area contributed by atoms with Crippen molar-refractivity contribution in [3.63, 3.8) is 0 Å². The summed E-state index contributed by atoms with van der Waals surface area (Å²) in [4.78, 5) is 0. The molecular formula is C7H7BrO3. The summed E-state index contributed by atoms with van der Waals surface area (Å²) >= 11 is 3.09. The Labute approximate surface area is 72.0 Å². The van der Waals surface area contributed by atoms with Gasteiger partial charge in [-0.3, -0.25) is 0 Å². The number of hydrogen-bond acceptors (Lipinski definition) is 3. The fourth-order valence-electron chi connectivity index (χ4n) is 0.763. The summed E-state index contributed by atoms with van der Waals surface area (Å²) in [6.07, 6.45) is 0. The fourth-order valence-corrected chi connectivity index (χ4v) is 1.19. The van der Waals surface area contributed by atoms with Crippen LogP contribution in [0.2, 0.25) is 0 Å². The van der Waals surface area contributed by atoms with Gasteiger partial charge < -0.3 is 15.3 Å². The maximum Gasteiger partial charge on any atom is 0.161 e. The van der Waals surface area contributed by atoms with Crippen LogP contribution in [0.15, 0.2) is 12.1 Å². The summed E-state index contributed by atoms with van der Waals surface area (Å²) in [5, 5.41) is 27.5. The molecular weight excluding hydrogens is 212 g/mol. The Morgan fingerprint density at radius 2 is 1.82 bits per heavy atom. The third-order valence-corrected chi connectivity index (χ3v) is 1.90. The van der Waals surface area contributed by atoms with Crippen LogP contribution in [0.5, 0.6) is 17.2 Å². The highest BCUT2D eigenvalue weighted by Gasteiger charge is 2.06. The molecule has 1 aromatic carbocycles. The highest BCUT2D eigenvalue weighted by molar-refractivity contribution is 9.08. The second kappa shape index (κ2) is 3.00. The zero-order valence-corrected chi connectivity index (χ0v) is 7.17. The summed E-state index contributed by atoms with van der Waals surface area (Å²) in [6.45, 7) is 0. The molecule has 0 aliphatic carbocycles. The molecule has 4 heteroatoms. The van der Waals surface area contributed by atoms with Gasteiger partial charge in [0.15, 0.2) is 11.5 Å². The van der Waals surface area contributed by atoms with Crippen molar-refractivity contribution in [3.8, 4) is 17.2 Å². The van der Waals surface area contributed by atoms with Crippen LogP contribution in [0.4, 0.5) is 0 Å². The first-order valence-corrected chi connectivity index (χ1v) is 4.07. The number of rotatable bonds is 1. The van der Waals surface area contributed by atoms with Crippen molar-refractivity contribution in [3.05, 3.63) is 17.7 Å². The van der Waals surface area contributed by atoms with Crippen LogP contribution >= 0.6 is 15.9 Å². The monoisotopic (exact) mass is 218 g/mol. The SMILES string of the molecule is Oc1cc(O)c(O)c(CBr)c1. The van der Waals surface area contributed by atoms with Gasteiger partial charge in [0.1, 0.15) is 5.75 Å². The Kier molecular flexibility index (Phi) is 2.24. The number of hydrogen-bond donors (Lipinski definition) is 3. The molecule has 3 N–H and O–H groups in total. The Morgan fingerprint density at radius 3 is 2.36 bits per heavy atom. The van der Waals surface area contributed by atoms with Gasteiger partial charge in [0.25, 0.3) is 0 Å². The Bertz CT molecular complexity index is 273. The first-order chi connectivity index (χ1) is 5.15. The standard InChI is InChI=1S/C7H7BrO3/c8-3-4-1-5(9)2-6(10)7(4)11/h1-2,9-11H,3H2. The molecule has 0 unspecified atom stereocenters. The molecule has 0 aliphatic rings. The van der Waals surface area contributed by atoms with E-state index in [9.17, 15) is 0 Å². The minimum atomic E-state index is -0.306. The summed E-state index contributed by atoms with van der Waals surface area (Å²) in [6, 6.07) is 2.46. The number of halogens is 1. The largest absolute Gasteiger partial charge is 0.508 e. The smallest absolute Gasteiger partial charge is 0.161 e. The Balaban J connectivity index is 3.24. The molecule has 0 saturated heterocycles. The Hall–Kier alpha value is -0.900. The average Bonchev–Trinajstić information content (AvgIpc) is 1.96. The molecule has 3 nitrogen and oxygen atoms in total. The maximum absolute atomic E-state index is 9.13. The van der Waals surface area contributed by atoms with Crippen LogP contribution in [0.25, 0.3) is 0 Å². The average molecular weight is 219 g/mol. The van der Waals surface area contributed by atoms with E-state index in [0.717, 1.165) is 6.07 Å². The molecule has 0 bridgehead atoms. The lowest BCUT2D eigenvalue weighted by Gasteiger charge is -2.03. The van der Waals surface area contributed by atoms with Crippen molar-refractivity contribution in [2.45, 2.75) is 5.33 Å². The minimum absolute atomic E-state index is 0.0604. The third-order valence-electron chi connectivity index (χ3n) is 1.30. The lowest BCUT2D eigenvalue weighted by Crippen LogP contribution is -1.79. The van der Waals surface area contributed by atoms with Crippen LogP contribution in [-0.2, 0) is 5.33 Å². The molecule has 0 saturated carbocycles. The van der Waals surface area contributed by atoms with E-state index in [1.54, 1.807) is 0 Å². The molecule has 0 atom stereocenters. The second-order valence-electron chi connectivity index (χ2n) is 2.11. The predicted molar refractivity (Wildman–Crippen MR) is 44.1 cm³/mol. The number of phenols is 3. The van der Waals surface area contributed by atoms with E-state index in [0.29, 0.717) is 10.9 Å². The predicted octanol–water partition coefficient (Wildman–Crippen LogP) is 1.70. The fraction of sp³-hybridized carbons (Fsp3) is 0.143. The van der Waals surface area contributed by atoms with Gasteiger partial charge >= 0.3 is 0 Å². The van der Waals surface area contributed by atoms with Gasteiger partial charge in [-0.05, 0) is 6.07 Å². The van der Waals surface area contributed by atoms with Gasteiger partial charge in [-0.15, -0.1) is 0 Å². The number of aromatic hydroxyl groups is 3. The summed E-state index contributed by atoms with van der Waals surface area (Å²) in [5.74, 6) is -0.561. The molecule has 0 aliphatic heterocycles. The third kappa shape index (κ3) is 1.57. The van der Waals surface area contributed by atoms with Crippen molar-refractivity contribution >= 4 is 15.9 Å². The number of alkyl halides is 1. The van der Waals surface area contributed by atoms with Crippen molar-refractivity contribution in [2.75, 3.05) is 0 Å². The zero-order chi connectivity index (χ0) is 8.43. The summed E-state index contributed by atoms with van der Waals surface area (Å²) < 4.78 is 0. The van der Waals surface area contributed by atoms with E-state index in [1.807, 2.05) is 0 Å². The topological polar surface area (TPSA) is 60.7 Å². The molecule has 0 amide bonds. The number of phenolic OH excluding ortho intramolecular Hbond substituents is 3. The van der Waals surface area contributed by atoms with Crippen LogP contribution in [-0.4, -0.2) is 15.3 Å². The molecule has 1 aromatic rings. The molecule has 0 fully saturated rings. The normalized spacial score (nSPS) is 9.91. The van der Waals surface area contributed by atoms with E-state index >= 15 is 0 Å². The molecule has 0 radical (unpaired) electrons. The maximum atomic E-state index is 9.13. The molecule has 11 heavy (non-hydrogen) atoms. The van der Waals surface area contributed by atoms with Gasteiger partial charge in [-0.25, -0.2) is 0 Å². The van der Waals surface area contributed by atoms with Crippen LogP contribution < -0.4 is 0 Å². The van der Waals surface area contributed by atoms with Crippen molar-refractivity contribution in [1.29, 1.82) is 0 Å². The Morgan fingerprint density at radius 1 is 1.18 bits per heavy atom. The van der Waals surface area contributed by atoms with Gasteiger partial charge in [0.05, 0.1) is 0 Å². The summed E-state index contributed by atoms with van der Waals surface area (Å²) in [7, 11) is 0. The van der Waals surface area contributed by atoms with E-state index < -0.39 is 0 Å². The second-order valence-corrected chi connectivity index (χ2v) is 2.67. The van der Waals surface area contributed by atoms with Crippen molar-refractivity contribution in [2.24, 2.45) is 0 Å². The van der Waals surface area contributed by atoms with E-state index in [-0.39, 0.29) is 17.2 Å². The first kappa shape index (κ1) is 8.20. The van der Waals surface area contributed by atoms with E-state index in [4.69, 9.17) is 15.3 Å². The van der Waals surface area contributed by atoms with Gasteiger partial charge in [-0.2, -0.15) is 0 Å². The van der Waals surface area contributed by atoms with E-state index in [2.05, 4.69) is 15.9 Å². The van der Waals surface area contributed by atoms with Crippen LogP contribution in [0.1, 0.15) is 5.56 Å².